The lowest BCUT2D eigenvalue weighted by atomic mass is 9.94. The number of nitrogens with zero attached hydrogens (tertiary/aromatic N) is 5. The van der Waals surface area contributed by atoms with E-state index in [1.807, 2.05) is 38.4 Å². The molecule has 184 valence electrons. The van der Waals surface area contributed by atoms with Crippen molar-refractivity contribution in [1.29, 1.82) is 0 Å². The van der Waals surface area contributed by atoms with Gasteiger partial charge >= 0.3 is 6.18 Å². The lowest BCUT2D eigenvalue weighted by Crippen LogP contribution is -2.35. The Kier molecular flexibility index (Phi) is 6.86. The van der Waals surface area contributed by atoms with Crippen molar-refractivity contribution in [2.45, 2.75) is 57.4 Å². The van der Waals surface area contributed by atoms with E-state index in [-0.39, 0.29) is 6.42 Å². The number of anilines is 1. The number of nitrogens with one attached hydrogen (secondary N) is 2. The highest BCUT2D eigenvalue weighted by Crippen LogP contribution is 2.44. The molecule has 0 bridgehead atoms. The van der Waals surface area contributed by atoms with E-state index in [0.29, 0.717) is 34.6 Å². The molecule has 2 atom stereocenters. The lowest BCUT2D eigenvalue weighted by Gasteiger charge is -2.33. The lowest BCUT2D eigenvalue weighted by molar-refractivity contribution is -0.173. The van der Waals surface area contributed by atoms with Gasteiger partial charge < -0.3 is 10.2 Å². The molecule has 7 nitrogen and oxygen atoms in total. The number of hydrogen-bond acceptors (Lipinski definition) is 5. The van der Waals surface area contributed by atoms with Crippen molar-refractivity contribution in [1.82, 2.24) is 29.4 Å². The minimum absolute atomic E-state index is 0.145. The van der Waals surface area contributed by atoms with Crippen LogP contribution in [0.4, 0.5) is 19.0 Å². The number of hydrogen-bond donors (Lipinski definition) is 2. The Bertz CT molecular complexity index is 1170. The quantitative estimate of drug-likeness (QED) is 0.423. The normalized spacial score (nSPS) is 18.4. The van der Waals surface area contributed by atoms with Gasteiger partial charge in [-0.05, 0) is 56.3 Å². The smallest absolute Gasteiger partial charge is 0.363 e. The van der Waals surface area contributed by atoms with E-state index in [2.05, 4.69) is 39.4 Å². The summed E-state index contributed by atoms with van der Waals surface area (Å²) in [5, 5.41) is 14.6. The van der Waals surface area contributed by atoms with Crippen LogP contribution in [0.3, 0.4) is 0 Å². The van der Waals surface area contributed by atoms with E-state index in [1.165, 1.54) is 0 Å². The fourth-order valence-electron chi connectivity index (χ4n) is 4.28. The number of aromatic amines is 1. The molecule has 34 heavy (non-hydrogen) atoms. The monoisotopic (exact) mass is 493 g/mol. The number of benzene rings is 1. The zero-order valence-electron chi connectivity index (χ0n) is 19.7. The van der Waals surface area contributed by atoms with Crippen LogP contribution in [0.15, 0.2) is 30.3 Å². The van der Waals surface area contributed by atoms with Crippen LogP contribution in [0.1, 0.15) is 55.8 Å². The van der Waals surface area contributed by atoms with E-state index in [4.69, 9.17) is 12.2 Å². The predicted octanol–water partition coefficient (Wildman–Crippen LogP) is 5.54. The number of fused-ring (bicyclic) bond motifs is 1. The minimum Gasteiger partial charge on any atom is -0.363 e. The predicted molar refractivity (Wildman–Crippen MR) is 128 cm³/mol. The van der Waals surface area contributed by atoms with E-state index in [0.717, 1.165) is 28.8 Å². The van der Waals surface area contributed by atoms with Gasteiger partial charge in [0.1, 0.15) is 11.5 Å². The van der Waals surface area contributed by atoms with Crippen LogP contribution in [-0.4, -0.2) is 56.3 Å². The molecule has 0 saturated carbocycles. The van der Waals surface area contributed by atoms with Crippen LogP contribution < -0.4 is 5.32 Å². The Labute approximate surface area is 202 Å². The van der Waals surface area contributed by atoms with Crippen molar-refractivity contribution in [3.8, 4) is 11.5 Å². The molecule has 1 aliphatic rings. The van der Waals surface area contributed by atoms with Crippen LogP contribution in [0.25, 0.3) is 11.5 Å². The molecule has 0 radical (unpaired) electrons. The van der Waals surface area contributed by atoms with Gasteiger partial charge in [-0.3, -0.25) is 9.67 Å². The number of halogens is 3. The van der Waals surface area contributed by atoms with E-state index in [9.17, 15) is 13.2 Å². The maximum atomic E-state index is 14.1. The van der Waals surface area contributed by atoms with Gasteiger partial charge in [-0.25, -0.2) is 4.68 Å². The molecule has 0 fully saturated rings. The number of rotatable bonds is 7. The third kappa shape index (κ3) is 5.05. The summed E-state index contributed by atoms with van der Waals surface area (Å²) in [5.41, 5.74) is 2.32. The van der Waals surface area contributed by atoms with Crippen LogP contribution in [0, 0.1) is 4.77 Å². The van der Waals surface area contributed by atoms with Crippen molar-refractivity contribution < 1.29 is 13.2 Å². The van der Waals surface area contributed by atoms with Crippen molar-refractivity contribution in [3.05, 3.63) is 46.2 Å². The summed E-state index contributed by atoms with van der Waals surface area (Å²) in [4.78, 5) is 2.06. The molecule has 0 amide bonds. The Morgan fingerprint density at radius 1 is 1.21 bits per heavy atom. The molecule has 2 N–H and O–H groups in total. The molecule has 0 spiro atoms. The fourth-order valence-corrected chi connectivity index (χ4v) is 4.50. The second-order valence-electron chi connectivity index (χ2n) is 9.33. The summed E-state index contributed by atoms with van der Waals surface area (Å²) >= 11 is 5.36. The Hall–Kier alpha value is -2.66. The first-order chi connectivity index (χ1) is 16.0. The second kappa shape index (κ2) is 9.53. The topological polar surface area (TPSA) is 66.7 Å². The highest BCUT2D eigenvalue weighted by atomic mass is 32.1. The molecule has 4 rings (SSSR count). The van der Waals surface area contributed by atoms with Crippen LogP contribution in [-0.2, 0) is 6.54 Å². The van der Waals surface area contributed by atoms with E-state index in [1.54, 1.807) is 10.6 Å². The minimum atomic E-state index is -4.44. The highest BCUT2D eigenvalue weighted by Gasteiger charge is 2.46. The molecular weight excluding hydrogens is 463 g/mol. The maximum absolute atomic E-state index is 14.1. The molecule has 0 unspecified atom stereocenters. The molecule has 3 aromatic rings. The number of aromatic nitrogens is 5. The third-order valence-electron chi connectivity index (χ3n) is 6.17. The van der Waals surface area contributed by atoms with E-state index >= 15 is 0 Å². The molecule has 0 aliphatic carbocycles. The van der Waals surface area contributed by atoms with Crippen LogP contribution in [0.2, 0.25) is 0 Å². The third-order valence-corrected chi connectivity index (χ3v) is 6.48. The summed E-state index contributed by atoms with van der Waals surface area (Å²) in [6.07, 6.45) is -3.76. The Balaban J connectivity index is 1.67. The number of H-pyrrole nitrogens is 1. The van der Waals surface area contributed by atoms with Gasteiger partial charge in [0.25, 0.3) is 0 Å². The van der Waals surface area contributed by atoms with Gasteiger partial charge in [-0.1, -0.05) is 38.1 Å². The molecule has 2 aromatic heterocycles. The molecule has 1 aromatic carbocycles. The average Bonchev–Trinajstić information content (AvgIpc) is 3.35. The Morgan fingerprint density at radius 3 is 2.53 bits per heavy atom. The van der Waals surface area contributed by atoms with Crippen molar-refractivity contribution in [2.24, 2.45) is 0 Å². The standard InChI is InChI=1S/C23H30F3N7S/c1-14(2)15-6-8-16(9-7-15)17-12-19(23(24,25)26)33-20(27-17)13-18(30-33)21-28-29-22(34)32(21)11-5-10-31(3)4/h6-9,13-14,17,19,27H,5,10-12H2,1-4H3,(H,29,34)/t17-,19-/m1/s1. The summed E-state index contributed by atoms with van der Waals surface area (Å²) in [6.45, 7) is 5.61. The molecule has 11 heteroatoms. The zero-order chi connectivity index (χ0) is 24.6. The summed E-state index contributed by atoms with van der Waals surface area (Å²) < 4.78 is 45.5. The summed E-state index contributed by atoms with van der Waals surface area (Å²) in [6, 6.07) is 7.18. The van der Waals surface area contributed by atoms with Gasteiger partial charge in [0.15, 0.2) is 16.6 Å². The van der Waals surface area contributed by atoms with Gasteiger partial charge in [-0.15, -0.1) is 0 Å². The van der Waals surface area contributed by atoms with Gasteiger partial charge in [0.2, 0.25) is 0 Å². The molecule has 1 aliphatic heterocycles. The van der Waals surface area contributed by atoms with Gasteiger partial charge in [-0.2, -0.15) is 23.4 Å². The van der Waals surface area contributed by atoms with Crippen molar-refractivity contribution >= 4 is 18.0 Å². The first-order valence-corrected chi connectivity index (χ1v) is 11.8. The van der Waals surface area contributed by atoms with Gasteiger partial charge in [0.05, 0.1) is 6.04 Å². The molecular formula is C23H30F3N7S. The van der Waals surface area contributed by atoms with Crippen molar-refractivity contribution in [3.63, 3.8) is 0 Å². The Morgan fingerprint density at radius 2 is 1.91 bits per heavy atom. The second-order valence-corrected chi connectivity index (χ2v) is 9.72. The van der Waals surface area contributed by atoms with Crippen molar-refractivity contribution in [2.75, 3.05) is 26.0 Å². The largest absolute Gasteiger partial charge is 0.410 e. The maximum Gasteiger partial charge on any atom is 0.410 e. The van der Waals surface area contributed by atoms with Crippen LogP contribution in [0.5, 0.6) is 0 Å². The average molecular weight is 494 g/mol. The molecule has 3 heterocycles. The van der Waals surface area contributed by atoms with Gasteiger partial charge in [0, 0.05) is 19.0 Å². The first-order valence-electron chi connectivity index (χ1n) is 11.4. The molecule has 0 saturated heterocycles. The number of alkyl halides is 3. The first kappa shape index (κ1) is 24.5. The zero-order valence-corrected chi connectivity index (χ0v) is 20.5. The summed E-state index contributed by atoms with van der Waals surface area (Å²) in [5.74, 6) is 1.11. The fraction of sp³-hybridized carbons (Fsp3) is 0.522. The van der Waals surface area contributed by atoms with E-state index < -0.39 is 18.3 Å². The summed E-state index contributed by atoms with van der Waals surface area (Å²) in [7, 11) is 3.96. The van der Waals surface area contributed by atoms with Crippen LogP contribution >= 0.6 is 12.2 Å². The highest BCUT2D eigenvalue weighted by molar-refractivity contribution is 7.71. The SMILES string of the molecule is CC(C)c1ccc([C@H]2C[C@H](C(F)(F)F)n3nc(-c4n[nH]c(=S)n4CCCN(C)C)cc3N2)cc1.